The summed E-state index contributed by atoms with van der Waals surface area (Å²) in [5.74, 6) is 0. The van der Waals surface area contributed by atoms with Gasteiger partial charge >= 0.3 is 0 Å². The molecule has 5 rings (SSSR count). The Hall–Kier alpha value is -3.12. The van der Waals surface area contributed by atoms with E-state index < -0.39 is 0 Å². The van der Waals surface area contributed by atoms with Crippen LogP contribution in [0.4, 0.5) is 0 Å². The minimum atomic E-state index is -0.115. The van der Waals surface area contributed by atoms with E-state index in [0.29, 0.717) is 0 Å². The van der Waals surface area contributed by atoms with Crippen LogP contribution in [0.1, 0.15) is 83.1 Å². The molecular weight excluding hydrogens is 468 g/mol. The molecule has 0 bridgehead atoms. The van der Waals surface area contributed by atoms with Gasteiger partial charge in [-0.05, 0) is 126 Å². The molecule has 3 aliphatic carbocycles. The van der Waals surface area contributed by atoms with Crippen LogP contribution in [0.15, 0.2) is 102 Å². The molecule has 0 heterocycles. The van der Waals surface area contributed by atoms with Crippen molar-refractivity contribution >= 4 is 5.57 Å². The standard InChI is InChI=1S/C39H46/c1-24(2)12-14-30-15-17-31(18-16-30)33-19-13-26(5)35-27(6)36-29(8)39(11)28(7)32(25(3)4)20-21-38(39,10)23-37(36,9)22-34(33)35/h13,15-20H,1,3,6-7,12,14,21-23H2,2,4-5,8-11H3/t37-,38+,39-/m1/s1. The molecule has 39 heavy (non-hydrogen) atoms. The third kappa shape index (κ3) is 4.02. The third-order valence-electron chi connectivity index (χ3n) is 10.7. The Labute approximate surface area is 237 Å². The van der Waals surface area contributed by atoms with Crippen molar-refractivity contribution in [1.82, 2.24) is 0 Å². The summed E-state index contributed by atoms with van der Waals surface area (Å²) in [6.45, 7) is 34.2. The molecule has 3 aliphatic rings. The van der Waals surface area contributed by atoms with E-state index in [1.807, 2.05) is 0 Å². The van der Waals surface area contributed by atoms with Gasteiger partial charge in [-0.15, -0.1) is 6.58 Å². The molecule has 2 aromatic carbocycles. The van der Waals surface area contributed by atoms with E-state index >= 15 is 0 Å². The average molecular weight is 515 g/mol. The predicted molar refractivity (Wildman–Crippen MR) is 171 cm³/mol. The van der Waals surface area contributed by atoms with Crippen molar-refractivity contribution in [3.05, 3.63) is 124 Å². The van der Waals surface area contributed by atoms with E-state index in [-0.39, 0.29) is 16.2 Å². The van der Waals surface area contributed by atoms with Crippen LogP contribution >= 0.6 is 0 Å². The fraction of sp³-hybridized carbons (Fsp3) is 0.385. The molecular formula is C39H46. The van der Waals surface area contributed by atoms with Crippen LogP contribution in [0.25, 0.3) is 16.7 Å². The highest BCUT2D eigenvalue weighted by molar-refractivity contribution is 5.90. The number of hydrogen-bond donors (Lipinski definition) is 0. The molecule has 0 nitrogen and oxygen atoms in total. The van der Waals surface area contributed by atoms with Crippen molar-refractivity contribution < 1.29 is 0 Å². The van der Waals surface area contributed by atoms with E-state index in [9.17, 15) is 0 Å². The molecule has 2 aromatic rings. The molecule has 3 atom stereocenters. The van der Waals surface area contributed by atoms with Crippen LogP contribution in [-0.4, -0.2) is 0 Å². The van der Waals surface area contributed by atoms with Gasteiger partial charge in [-0.1, -0.05) is 99.7 Å². The molecule has 0 unspecified atom stereocenters. The second kappa shape index (κ2) is 9.22. The first-order valence-corrected chi connectivity index (χ1v) is 14.6. The molecule has 0 spiro atoms. The first-order valence-electron chi connectivity index (χ1n) is 14.6. The van der Waals surface area contributed by atoms with Crippen molar-refractivity contribution in [2.45, 2.75) is 80.6 Å². The van der Waals surface area contributed by atoms with Gasteiger partial charge in [0.25, 0.3) is 0 Å². The van der Waals surface area contributed by atoms with Crippen LogP contribution in [0.2, 0.25) is 0 Å². The fourth-order valence-electron chi connectivity index (χ4n) is 8.40. The van der Waals surface area contributed by atoms with Gasteiger partial charge < -0.3 is 0 Å². The Morgan fingerprint density at radius 3 is 2.21 bits per heavy atom. The molecule has 0 aliphatic heterocycles. The Morgan fingerprint density at radius 1 is 0.923 bits per heavy atom. The Morgan fingerprint density at radius 2 is 1.59 bits per heavy atom. The van der Waals surface area contributed by atoms with Gasteiger partial charge in [0.15, 0.2) is 0 Å². The van der Waals surface area contributed by atoms with Gasteiger partial charge in [0, 0.05) is 5.41 Å². The van der Waals surface area contributed by atoms with Gasteiger partial charge in [0.1, 0.15) is 0 Å². The zero-order valence-electron chi connectivity index (χ0n) is 25.4. The normalized spacial score (nSPS) is 27.9. The molecule has 0 N–H and O–H groups in total. The van der Waals surface area contributed by atoms with Crippen molar-refractivity contribution in [3.63, 3.8) is 0 Å². The largest absolute Gasteiger partial charge is 0.100 e. The molecule has 0 amide bonds. The molecule has 0 saturated heterocycles. The summed E-state index contributed by atoms with van der Waals surface area (Å²) in [7, 11) is 0. The second-order valence-corrected chi connectivity index (χ2v) is 13.6. The maximum absolute atomic E-state index is 4.83. The Kier molecular flexibility index (Phi) is 6.49. The summed E-state index contributed by atoms with van der Waals surface area (Å²) < 4.78 is 0. The highest BCUT2D eigenvalue weighted by atomic mass is 14.6. The smallest absolute Gasteiger partial charge is 0.0194 e. The van der Waals surface area contributed by atoms with Gasteiger partial charge in [-0.2, -0.15) is 0 Å². The monoisotopic (exact) mass is 514 g/mol. The summed E-state index contributed by atoms with van der Waals surface area (Å²) in [6.07, 6.45) is 7.71. The Bertz CT molecular complexity index is 1500. The lowest BCUT2D eigenvalue weighted by molar-refractivity contribution is 0.0580. The third-order valence-corrected chi connectivity index (χ3v) is 10.7. The SMILES string of the molecule is C=C(C)CCc1ccc(-c2ccc(C)c3c2C[C@]2(C)C[C@]4(C)CC=C(C(=C)C)C(=C)[C@]4(C)C(C)=C2C3=C)cc1. The number of allylic oxidation sites excluding steroid dienone is 8. The summed E-state index contributed by atoms with van der Waals surface area (Å²) >= 11 is 0. The van der Waals surface area contributed by atoms with E-state index in [1.54, 1.807) is 0 Å². The molecule has 202 valence electrons. The van der Waals surface area contributed by atoms with Crippen LogP contribution in [0.5, 0.6) is 0 Å². The lowest BCUT2D eigenvalue weighted by Gasteiger charge is -2.61. The van der Waals surface area contributed by atoms with Gasteiger partial charge in [-0.3, -0.25) is 0 Å². The number of hydrogen-bond acceptors (Lipinski definition) is 0. The van der Waals surface area contributed by atoms with E-state index in [4.69, 9.17) is 13.2 Å². The fourth-order valence-corrected chi connectivity index (χ4v) is 8.40. The van der Waals surface area contributed by atoms with Gasteiger partial charge in [0.05, 0.1) is 0 Å². The van der Waals surface area contributed by atoms with Crippen LogP contribution in [-0.2, 0) is 12.8 Å². The average Bonchev–Trinajstić information content (AvgIpc) is 2.85. The lowest BCUT2D eigenvalue weighted by atomic mass is 9.42. The first kappa shape index (κ1) is 27.4. The van der Waals surface area contributed by atoms with Crippen LogP contribution in [0.3, 0.4) is 0 Å². The molecule has 0 saturated carbocycles. The Balaban J connectivity index is 1.65. The zero-order chi connectivity index (χ0) is 28.5. The minimum absolute atomic E-state index is 0.0290. The van der Waals surface area contributed by atoms with E-state index in [2.05, 4.69) is 104 Å². The maximum Gasteiger partial charge on any atom is 0.0194 e. The molecule has 0 radical (unpaired) electrons. The first-order chi connectivity index (χ1) is 18.2. The number of fused-ring (bicyclic) bond motifs is 3. The van der Waals surface area contributed by atoms with Crippen molar-refractivity contribution in [2.75, 3.05) is 0 Å². The van der Waals surface area contributed by atoms with Crippen molar-refractivity contribution in [3.8, 4) is 11.1 Å². The molecule has 0 heteroatoms. The predicted octanol–water partition coefficient (Wildman–Crippen LogP) is 10.9. The van der Waals surface area contributed by atoms with E-state index in [1.165, 1.54) is 66.8 Å². The molecule has 0 fully saturated rings. The van der Waals surface area contributed by atoms with Crippen LogP contribution < -0.4 is 0 Å². The second-order valence-electron chi connectivity index (χ2n) is 13.6. The summed E-state index contributed by atoms with van der Waals surface area (Å²) in [5.41, 5.74) is 17.2. The summed E-state index contributed by atoms with van der Waals surface area (Å²) in [4.78, 5) is 0. The van der Waals surface area contributed by atoms with Gasteiger partial charge in [-0.25, -0.2) is 0 Å². The number of aryl methyl sites for hydroxylation is 2. The highest BCUT2D eigenvalue weighted by Crippen LogP contribution is 2.69. The number of rotatable bonds is 5. The zero-order valence-corrected chi connectivity index (χ0v) is 25.4. The highest BCUT2D eigenvalue weighted by Gasteiger charge is 2.59. The van der Waals surface area contributed by atoms with Crippen molar-refractivity contribution in [1.29, 1.82) is 0 Å². The summed E-state index contributed by atoms with van der Waals surface area (Å²) in [6, 6.07) is 13.9. The quantitative estimate of drug-likeness (QED) is 0.348. The van der Waals surface area contributed by atoms with Crippen LogP contribution in [0, 0.1) is 23.2 Å². The van der Waals surface area contributed by atoms with Crippen molar-refractivity contribution in [2.24, 2.45) is 16.2 Å². The molecule has 0 aromatic heterocycles. The number of benzene rings is 2. The summed E-state index contributed by atoms with van der Waals surface area (Å²) in [5, 5.41) is 0. The lowest BCUT2D eigenvalue weighted by Crippen LogP contribution is -2.51. The maximum atomic E-state index is 4.83. The topological polar surface area (TPSA) is 0 Å². The van der Waals surface area contributed by atoms with Gasteiger partial charge in [0.2, 0.25) is 0 Å². The minimum Gasteiger partial charge on any atom is -0.100 e. The van der Waals surface area contributed by atoms with E-state index in [0.717, 1.165) is 37.7 Å².